The van der Waals surface area contributed by atoms with E-state index in [2.05, 4.69) is 31.2 Å². The number of benzene rings is 1. The van der Waals surface area contributed by atoms with E-state index in [1.807, 2.05) is 0 Å². The Morgan fingerprint density at radius 2 is 1.19 bits per heavy atom. The van der Waals surface area contributed by atoms with Gasteiger partial charge in [-0.25, -0.2) is 0 Å². The number of halogens is 1. The predicted molar refractivity (Wildman–Crippen MR) is 82.3 cm³/mol. The minimum absolute atomic E-state index is 0.833. The molecule has 118 valence electrons. The van der Waals surface area contributed by atoms with Crippen molar-refractivity contribution in [2.24, 2.45) is 0 Å². The van der Waals surface area contributed by atoms with E-state index in [9.17, 15) is 0 Å². The van der Waals surface area contributed by atoms with E-state index in [0.29, 0.717) is 0 Å². The van der Waals surface area contributed by atoms with Gasteiger partial charge in [0.15, 0.2) is 0 Å². The molecule has 21 heavy (non-hydrogen) atoms. The van der Waals surface area contributed by atoms with Crippen LogP contribution in [0.2, 0.25) is 0 Å². The predicted octanol–water partition coefficient (Wildman–Crippen LogP) is 1.75. The molecule has 0 aliphatic heterocycles. The first-order valence-electron chi connectivity index (χ1n) is 5.55. The van der Waals surface area contributed by atoms with Crippen LogP contribution in [0.1, 0.15) is 26.3 Å². The first-order valence-corrected chi connectivity index (χ1v) is 12.3. The Morgan fingerprint density at radius 1 is 0.905 bits per heavy atom. The summed E-state index contributed by atoms with van der Waals surface area (Å²) in [6, 6.07) is 8.35. The summed E-state index contributed by atoms with van der Waals surface area (Å²) in [6.45, 7) is 5.37. The summed E-state index contributed by atoms with van der Waals surface area (Å²) in [7, 11) is 5.83. The van der Waals surface area contributed by atoms with Crippen LogP contribution in [0.4, 0.5) is 0 Å². The van der Waals surface area contributed by atoms with Gasteiger partial charge in [0.2, 0.25) is 0 Å². The van der Waals surface area contributed by atoms with Gasteiger partial charge in [0, 0.05) is 20.8 Å². The van der Waals surface area contributed by atoms with Gasteiger partial charge in [-0.3, -0.25) is 14.4 Å². The second-order valence-electron chi connectivity index (χ2n) is 3.47. The number of aliphatic carboxylic acids is 3. The third-order valence-electron chi connectivity index (χ3n) is 1.25. The molecule has 0 amide bonds. The van der Waals surface area contributed by atoms with Crippen LogP contribution in [0.15, 0.2) is 24.3 Å². The van der Waals surface area contributed by atoms with Crippen molar-refractivity contribution in [3.05, 3.63) is 29.8 Å². The molecule has 0 heterocycles. The first kappa shape index (κ1) is 24.8. The summed E-state index contributed by atoms with van der Waals surface area (Å²) in [5.74, 6) is -2.50. The Hall–Kier alpha value is -1.16. The van der Waals surface area contributed by atoms with Gasteiger partial charge in [-0.1, -0.05) is 0 Å². The van der Waals surface area contributed by atoms with Crippen LogP contribution in [0.3, 0.4) is 0 Å². The minimum atomic E-state index is -0.899. The van der Waals surface area contributed by atoms with E-state index < -0.39 is 40.9 Å². The van der Waals surface area contributed by atoms with Gasteiger partial charge in [0.25, 0.3) is 17.9 Å². The molecule has 0 aromatic heterocycles. The quantitative estimate of drug-likeness (QED) is 0.493. The summed E-state index contributed by atoms with van der Waals surface area (Å²) >= 11 is -0.899. The van der Waals surface area contributed by atoms with Crippen LogP contribution in [0.5, 0.6) is 0 Å². The molecule has 0 saturated heterocycles. The van der Waals surface area contributed by atoms with E-state index >= 15 is 0 Å². The van der Waals surface area contributed by atoms with Crippen LogP contribution in [0.25, 0.3) is 0 Å². The molecule has 0 saturated carbocycles. The molecule has 0 unspecified atom stereocenters. The fourth-order valence-corrected chi connectivity index (χ4v) is 4.06. The Balaban J connectivity index is -0.000000230. The van der Waals surface area contributed by atoms with Crippen molar-refractivity contribution in [1.82, 2.24) is 0 Å². The van der Waals surface area contributed by atoms with Crippen molar-refractivity contribution in [2.75, 3.05) is 0 Å². The molecule has 0 aliphatic rings. The summed E-state index contributed by atoms with van der Waals surface area (Å²) < 4.78 is 1.42. The Kier molecular flexibility index (Phi) is 20.0. The van der Waals surface area contributed by atoms with Gasteiger partial charge in [-0.2, -0.15) is 0 Å². The molecule has 0 aliphatic carbocycles. The van der Waals surface area contributed by atoms with Crippen LogP contribution in [0, 0.1) is 6.92 Å². The first-order chi connectivity index (χ1) is 9.54. The van der Waals surface area contributed by atoms with Crippen LogP contribution in [-0.2, 0) is 14.4 Å². The average molecular weight is 514 g/mol. The fraction of sp³-hybridized carbons (Fsp3) is 0.308. The Labute approximate surface area is 139 Å². The maximum atomic E-state index is 9.00. The zero-order chi connectivity index (χ0) is 17.4. The van der Waals surface area contributed by atoms with Crippen molar-refractivity contribution in [3.8, 4) is 0 Å². The van der Waals surface area contributed by atoms with Crippen LogP contribution in [-0.4, -0.2) is 56.2 Å². The molecule has 3 N–H and O–H groups in total. The number of hydrogen-bond donors (Lipinski definition) is 3. The number of rotatable bonds is 1. The van der Waals surface area contributed by atoms with Gasteiger partial charge in [0.05, 0.1) is 0 Å². The van der Waals surface area contributed by atoms with Gasteiger partial charge in [-0.15, -0.1) is 0 Å². The SMILES string of the molecule is CC(=O)O.CC(=O)O.CC(=O)O.Cc1cccc[c]1[Pb][Cl]. The summed E-state index contributed by atoms with van der Waals surface area (Å²) in [5, 5.41) is 22.2. The molecular formula is C13H19ClO6Pb. The van der Waals surface area contributed by atoms with Gasteiger partial charge < -0.3 is 15.3 Å². The Morgan fingerprint density at radius 3 is 1.38 bits per heavy atom. The van der Waals surface area contributed by atoms with E-state index in [4.69, 9.17) is 38.0 Å². The summed E-state index contributed by atoms with van der Waals surface area (Å²) in [5.41, 5.74) is 1.36. The van der Waals surface area contributed by atoms with E-state index in [-0.39, 0.29) is 0 Å². The standard InChI is InChI=1S/C7H7.3C2H4O2.ClH.Pb/c1-7-5-3-2-4-6-7;3*1-2(3)4;;/h2-5H,1H3;3*1H3,(H,3,4);1H;/q;;;;;+1/p-1. The normalized spacial score (nSPS) is 7.67. The van der Waals surface area contributed by atoms with Crippen LogP contribution >= 0.6 is 8.32 Å². The number of hydrogen-bond acceptors (Lipinski definition) is 3. The average Bonchev–Trinajstić information content (AvgIpc) is 2.27. The molecule has 8 heteroatoms. The van der Waals surface area contributed by atoms with E-state index in [1.54, 1.807) is 0 Å². The molecule has 2 radical (unpaired) electrons. The van der Waals surface area contributed by atoms with Crippen molar-refractivity contribution in [3.63, 3.8) is 0 Å². The molecular weight excluding hydrogens is 495 g/mol. The van der Waals surface area contributed by atoms with Gasteiger partial charge in [0.1, 0.15) is 0 Å². The van der Waals surface area contributed by atoms with Crippen molar-refractivity contribution in [1.29, 1.82) is 0 Å². The molecule has 1 aromatic rings. The van der Waals surface area contributed by atoms with Crippen molar-refractivity contribution < 1.29 is 29.7 Å². The number of carboxylic acids is 3. The Bertz CT molecular complexity index is 396. The molecule has 1 aromatic carbocycles. The maximum absolute atomic E-state index is 9.00. The number of carbonyl (C=O) groups is 3. The summed E-state index contributed by atoms with van der Waals surface area (Å²) in [6.07, 6.45) is 0. The summed E-state index contributed by atoms with van der Waals surface area (Å²) in [4.78, 5) is 27.0. The van der Waals surface area contributed by atoms with Gasteiger partial charge >= 0.3 is 71.2 Å². The molecule has 0 bridgehead atoms. The third-order valence-corrected chi connectivity index (χ3v) is 6.01. The van der Waals surface area contributed by atoms with E-state index in [1.165, 1.54) is 8.69 Å². The molecule has 0 fully saturated rings. The molecule has 0 atom stereocenters. The number of aryl methyl sites for hydroxylation is 1. The fourth-order valence-electron chi connectivity index (χ4n) is 0.679. The van der Waals surface area contributed by atoms with Crippen molar-refractivity contribution >= 4 is 52.4 Å². The zero-order valence-electron chi connectivity index (χ0n) is 12.3. The molecule has 0 spiro atoms. The topological polar surface area (TPSA) is 112 Å². The molecule has 1 rings (SSSR count). The zero-order valence-corrected chi connectivity index (χ0v) is 16.9. The monoisotopic (exact) mass is 514 g/mol. The molecule has 6 nitrogen and oxygen atoms in total. The number of carboxylic acid groups (broad SMARTS) is 3. The van der Waals surface area contributed by atoms with E-state index in [0.717, 1.165) is 20.8 Å². The second-order valence-corrected chi connectivity index (χ2v) is 7.95. The van der Waals surface area contributed by atoms with Crippen molar-refractivity contribution in [2.45, 2.75) is 27.7 Å². The second kappa shape index (κ2) is 16.9. The van der Waals surface area contributed by atoms with Crippen LogP contribution < -0.4 is 3.12 Å². The third kappa shape index (κ3) is 38.1. The van der Waals surface area contributed by atoms with Gasteiger partial charge in [-0.05, 0) is 0 Å².